The van der Waals surface area contributed by atoms with Crippen LogP contribution in [0.15, 0.2) is 0 Å². The maximum atomic E-state index is 12.1. The fraction of sp³-hybridized carbons (Fsp3) is 0.938. The molecule has 2 fully saturated rings. The van der Waals surface area contributed by atoms with Crippen molar-refractivity contribution in [2.24, 2.45) is 5.92 Å². The molecule has 0 aromatic heterocycles. The Morgan fingerprint density at radius 2 is 1.86 bits per heavy atom. The van der Waals surface area contributed by atoms with Gasteiger partial charge in [0, 0.05) is 32.3 Å². The molecule has 5 nitrogen and oxygen atoms in total. The second kappa shape index (κ2) is 8.59. The van der Waals surface area contributed by atoms with E-state index >= 15 is 0 Å². The Kier molecular flexibility index (Phi) is 6.77. The number of carbonyl (C=O) groups is 1. The van der Waals surface area contributed by atoms with Gasteiger partial charge in [-0.3, -0.25) is 0 Å². The molecule has 21 heavy (non-hydrogen) atoms. The molecule has 0 radical (unpaired) electrons. The topological polar surface area (TPSA) is 55.8 Å². The minimum atomic E-state index is 0.0669. The molecule has 122 valence electrons. The monoisotopic (exact) mass is 297 g/mol. The lowest BCUT2D eigenvalue weighted by atomic mass is 9.98. The third-order valence-corrected chi connectivity index (χ3v) is 5.01. The van der Waals surface area contributed by atoms with Gasteiger partial charge >= 0.3 is 6.03 Å². The highest BCUT2D eigenvalue weighted by atomic mass is 16.3. The van der Waals surface area contributed by atoms with Gasteiger partial charge in [0.15, 0.2) is 0 Å². The second-order valence-electron chi connectivity index (χ2n) is 6.58. The third-order valence-electron chi connectivity index (χ3n) is 5.01. The average molecular weight is 297 g/mol. The van der Waals surface area contributed by atoms with Gasteiger partial charge in [0.25, 0.3) is 0 Å². The maximum absolute atomic E-state index is 12.1. The number of hydrogen-bond donors (Lipinski definition) is 2. The zero-order valence-corrected chi connectivity index (χ0v) is 13.4. The zero-order chi connectivity index (χ0) is 15.1. The summed E-state index contributed by atoms with van der Waals surface area (Å²) in [6.07, 6.45) is 6.87. The number of rotatable bonds is 5. The number of hydrogen-bond acceptors (Lipinski definition) is 3. The smallest absolute Gasteiger partial charge is 0.317 e. The molecular weight excluding hydrogens is 266 g/mol. The Morgan fingerprint density at radius 1 is 1.19 bits per heavy atom. The summed E-state index contributed by atoms with van der Waals surface area (Å²) in [5.74, 6) is 0.383. The standard InChI is InChI=1S/C16H31N3O2/c1-14(18-9-3-2-4-10-18)5-8-17-16(21)19-11-6-15(13-20)7-12-19/h14-15,20H,2-13H2,1H3,(H,17,21)/t14-/m1/s1. The van der Waals surface area contributed by atoms with Gasteiger partial charge in [-0.2, -0.15) is 0 Å². The maximum Gasteiger partial charge on any atom is 0.317 e. The van der Waals surface area contributed by atoms with Crippen LogP contribution in [0.25, 0.3) is 0 Å². The lowest BCUT2D eigenvalue weighted by Gasteiger charge is -2.33. The number of amides is 2. The summed E-state index contributed by atoms with van der Waals surface area (Å²) < 4.78 is 0. The molecule has 2 N–H and O–H groups in total. The van der Waals surface area contributed by atoms with Gasteiger partial charge in [0.2, 0.25) is 0 Å². The SMILES string of the molecule is C[C@H](CCNC(=O)N1CCC(CO)CC1)N1CCCCC1. The molecular formula is C16H31N3O2. The van der Waals surface area contributed by atoms with Gasteiger partial charge in [-0.25, -0.2) is 4.79 Å². The minimum Gasteiger partial charge on any atom is -0.396 e. The van der Waals surface area contributed by atoms with Crippen LogP contribution in [0.4, 0.5) is 4.79 Å². The van der Waals surface area contributed by atoms with E-state index in [4.69, 9.17) is 5.11 Å². The van der Waals surface area contributed by atoms with E-state index in [0.29, 0.717) is 12.0 Å². The fourth-order valence-electron chi connectivity index (χ4n) is 3.36. The summed E-state index contributed by atoms with van der Waals surface area (Å²) in [6.45, 7) is 7.26. The summed E-state index contributed by atoms with van der Waals surface area (Å²) in [7, 11) is 0. The fourth-order valence-corrected chi connectivity index (χ4v) is 3.36. The van der Waals surface area contributed by atoms with Crippen molar-refractivity contribution >= 4 is 6.03 Å². The molecule has 0 bridgehead atoms. The average Bonchev–Trinajstić information content (AvgIpc) is 2.55. The van der Waals surface area contributed by atoms with Crippen molar-refractivity contribution < 1.29 is 9.90 Å². The number of aliphatic hydroxyl groups excluding tert-OH is 1. The number of nitrogens with one attached hydrogen (secondary N) is 1. The Morgan fingerprint density at radius 3 is 2.48 bits per heavy atom. The first kappa shape index (κ1) is 16.6. The van der Waals surface area contributed by atoms with Crippen molar-refractivity contribution in [1.29, 1.82) is 0 Å². The molecule has 2 rings (SSSR count). The van der Waals surface area contributed by atoms with Crippen molar-refractivity contribution in [2.75, 3.05) is 39.3 Å². The Bertz CT molecular complexity index is 311. The highest BCUT2D eigenvalue weighted by Gasteiger charge is 2.22. The van der Waals surface area contributed by atoms with Crippen LogP contribution >= 0.6 is 0 Å². The first-order chi connectivity index (χ1) is 10.2. The molecule has 2 aliphatic rings. The normalized spacial score (nSPS) is 23.0. The summed E-state index contributed by atoms with van der Waals surface area (Å²) >= 11 is 0. The van der Waals surface area contributed by atoms with Crippen molar-refractivity contribution in [3.05, 3.63) is 0 Å². The lowest BCUT2D eigenvalue weighted by Crippen LogP contribution is -2.46. The van der Waals surface area contributed by atoms with E-state index in [0.717, 1.165) is 38.9 Å². The van der Waals surface area contributed by atoms with Crippen LogP contribution in [-0.4, -0.2) is 66.3 Å². The quantitative estimate of drug-likeness (QED) is 0.811. The second-order valence-corrected chi connectivity index (χ2v) is 6.58. The van der Waals surface area contributed by atoms with Crippen molar-refractivity contribution in [2.45, 2.75) is 51.5 Å². The van der Waals surface area contributed by atoms with Crippen LogP contribution < -0.4 is 5.32 Å². The summed E-state index contributed by atoms with van der Waals surface area (Å²) in [5, 5.41) is 12.2. The Labute approximate surface area is 128 Å². The first-order valence-electron chi connectivity index (χ1n) is 8.58. The van der Waals surface area contributed by atoms with Crippen LogP contribution in [-0.2, 0) is 0 Å². The highest BCUT2D eigenvalue weighted by molar-refractivity contribution is 5.74. The van der Waals surface area contributed by atoms with Crippen molar-refractivity contribution in [3.63, 3.8) is 0 Å². The summed E-state index contributed by atoms with van der Waals surface area (Å²) in [6, 6.07) is 0.628. The van der Waals surface area contributed by atoms with Gasteiger partial charge in [-0.05, 0) is 58.0 Å². The van der Waals surface area contributed by atoms with E-state index < -0.39 is 0 Å². The summed E-state index contributed by atoms with van der Waals surface area (Å²) in [4.78, 5) is 16.5. The lowest BCUT2D eigenvalue weighted by molar-refractivity contribution is 0.135. The number of aliphatic hydroxyl groups is 1. The van der Waals surface area contributed by atoms with E-state index in [1.165, 1.54) is 32.4 Å². The summed E-state index contributed by atoms with van der Waals surface area (Å²) in [5.41, 5.74) is 0. The predicted molar refractivity (Wildman–Crippen MR) is 84.3 cm³/mol. The first-order valence-corrected chi connectivity index (χ1v) is 8.58. The highest BCUT2D eigenvalue weighted by Crippen LogP contribution is 2.16. The van der Waals surface area contributed by atoms with E-state index in [-0.39, 0.29) is 12.6 Å². The third kappa shape index (κ3) is 5.15. The molecule has 0 aromatic carbocycles. The van der Waals surface area contributed by atoms with Gasteiger partial charge < -0.3 is 20.2 Å². The molecule has 2 saturated heterocycles. The van der Waals surface area contributed by atoms with Crippen LogP contribution in [0, 0.1) is 5.92 Å². The molecule has 2 heterocycles. The molecule has 2 aliphatic heterocycles. The molecule has 5 heteroatoms. The van der Waals surface area contributed by atoms with Crippen LogP contribution in [0.3, 0.4) is 0 Å². The number of piperidine rings is 2. The van der Waals surface area contributed by atoms with E-state index in [1.807, 2.05) is 4.90 Å². The molecule has 0 unspecified atom stereocenters. The Hall–Kier alpha value is -0.810. The number of likely N-dealkylation sites (tertiary alicyclic amines) is 2. The molecule has 2 amide bonds. The molecule has 1 atom stereocenters. The van der Waals surface area contributed by atoms with E-state index in [9.17, 15) is 4.79 Å². The van der Waals surface area contributed by atoms with E-state index in [1.54, 1.807) is 0 Å². The number of urea groups is 1. The van der Waals surface area contributed by atoms with E-state index in [2.05, 4.69) is 17.1 Å². The van der Waals surface area contributed by atoms with Gasteiger partial charge in [0.1, 0.15) is 0 Å². The molecule has 0 spiro atoms. The van der Waals surface area contributed by atoms with Crippen molar-refractivity contribution in [1.82, 2.24) is 15.1 Å². The molecule has 0 aromatic rings. The zero-order valence-electron chi connectivity index (χ0n) is 13.4. The van der Waals surface area contributed by atoms with Crippen LogP contribution in [0.5, 0.6) is 0 Å². The largest absolute Gasteiger partial charge is 0.396 e. The molecule has 0 aliphatic carbocycles. The molecule has 0 saturated carbocycles. The minimum absolute atomic E-state index is 0.0669. The van der Waals surface area contributed by atoms with Crippen molar-refractivity contribution in [3.8, 4) is 0 Å². The number of carbonyl (C=O) groups excluding carboxylic acids is 1. The predicted octanol–water partition coefficient (Wildman–Crippen LogP) is 1.66. The van der Waals surface area contributed by atoms with Crippen LogP contribution in [0.1, 0.15) is 45.4 Å². The van der Waals surface area contributed by atoms with Crippen LogP contribution in [0.2, 0.25) is 0 Å². The number of nitrogens with zero attached hydrogens (tertiary/aromatic N) is 2. The van der Waals surface area contributed by atoms with Gasteiger partial charge in [-0.1, -0.05) is 6.42 Å². The van der Waals surface area contributed by atoms with Gasteiger partial charge in [0.05, 0.1) is 0 Å². The Balaban J connectivity index is 1.60. The van der Waals surface area contributed by atoms with Gasteiger partial charge in [-0.15, -0.1) is 0 Å².